The maximum Gasteiger partial charge on any atom is 0.407 e. The summed E-state index contributed by atoms with van der Waals surface area (Å²) in [7, 11) is 0. The van der Waals surface area contributed by atoms with Crippen LogP contribution in [0.4, 0.5) is 4.79 Å². The summed E-state index contributed by atoms with van der Waals surface area (Å²) in [6, 6.07) is 15.1. The van der Waals surface area contributed by atoms with Gasteiger partial charge in [0.1, 0.15) is 18.0 Å². The van der Waals surface area contributed by atoms with E-state index in [1.807, 2.05) is 69.3 Å². The van der Waals surface area contributed by atoms with Crippen molar-refractivity contribution in [1.29, 1.82) is 0 Å². The highest BCUT2D eigenvalue weighted by Crippen LogP contribution is 2.27. The third kappa shape index (κ3) is 6.84. The normalized spacial score (nSPS) is 16.4. The van der Waals surface area contributed by atoms with E-state index in [1.165, 1.54) is 0 Å². The van der Waals surface area contributed by atoms with Gasteiger partial charge in [0.05, 0.1) is 5.92 Å². The molecule has 1 unspecified atom stereocenters. The minimum atomic E-state index is -0.527. The molecule has 2 N–H and O–H groups in total. The van der Waals surface area contributed by atoms with Crippen molar-refractivity contribution in [3.05, 3.63) is 65.2 Å². The molecule has 0 aromatic heterocycles. The third-order valence-corrected chi connectivity index (χ3v) is 4.76. The van der Waals surface area contributed by atoms with Crippen LogP contribution in [0.5, 0.6) is 5.75 Å². The number of carbonyl (C=O) groups excluding carboxylic acids is 3. The van der Waals surface area contributed by atoms with Crippen LogP contribution >= 0.6 is 0 Å². The molecule has 0 bridgehead atoms. The highest BCUT2D eigenvalue weighted by Gasteiger charge is 2.28. The van der Waals surface area contributed by atoms with Gasteiger partial charge in [0, 0.05) is 13.0 Å². The molecule has 164 valence electrons. The summed E-state index contributed by atoms with van der Waals surface area (Å²) in [5, 5.41) is 5.12. The smallest absolute Gasteiger partial charge is 0.407 e. The minimum absolute atomic E-state index is 0.224. The molecule has 3 amide bonds. The van der Waals surface area contributed by atoms with Crippen LogP contribution in [0.3, 0.4) is 0 Å². The number of alkyl carbamates (subject to hydrolysis) is 1. The monoisotopic (exact) mass is 424 g/mol. The van der Waals surface area contributed by atoms with E-state index in [0.717, 1.165) is 16.7 Å². The average Bonchev–Trinajstić information content (AvgIpc) is 2.70. The molecule has 2 aromatic carbocycles. The fourth-order valence-corrected chi connectivity index (χ4v) is 3.24. The number of rotatable bonds is 6. The molecule has 1 fully saturated rings. The van der Waals surface area contributed by atoms with Crippen molar-refractivity contribution in [2.75, 3.05) is 0 Å². The van der Waals surface area contributed by atoms with Crippen LogP contribution in [0.1, 0.15) is 56.2 Å². The molecule has 0 spiro atoms. The second kappa shape index (κ2) is 9.64. The van der Waals surface area contributed by atoms with Crippen molar-refractivity contribution in [1.82, 2.24) is 10.6 Å². The number of carbonyl (C=O) groups is 3. The Hall–Kier alpha value is -3.35. The second-order valence-electron chi connectivity index (χ2n) is 8.54. The molecule has 1 aliphatic heterocycles. The summed E-state index contributed by atoms with van der Waals surface area (Å²) < 4.78 is 11.1. The van der Waals surface area contributed by atoms with E-state index in [-0.39, 0.29) is 17.7 Å². The van der Waals surface area contributed by atoms with E-state index in [1.54, 1.807) is 0 Å². The number of hydrogen-bond acceptors (Lipinski definition) is 5. The number of nitrogens with one attached hydrogen (secondary N) is 2. The number of benzene rings is 2. The Balaban J connectivity index is 1.52. The van der Waals surface area contributed by atoms with E-state index in [0.29, 0.717) is 31.7 Å². The Morgan fingerprint density at radius 2 is 1.81 bits per heavy atom. The maximum atomic E-state index is 12.1. The summed E-state index contributed by atoms with van der Waals surface area (Å²) >= 11 is 0. The molecule has 1 atom stereocenters. The lowest BCUT2D eigenvalue weighted by molar-refractivity contribution is -0.134. The van der Waals surface area contributed by atoms with E-state index in [9.17, 15) is 14.4 Å². The number of hydrogen-bond donors (Lipinski definition) is 2. The van der Waals surface area contributed by atoms with Gasteiger partial charge >= 0.3 is 6.09 Å². The summed E-state index contributed by atoms with van der Waals surface area (Å²) in [5.41, 5.74) is 2.24. The second-order valence-corrected chi connectivity index (χ2v) is 8.54. The highest BCUT2D eigenvalue weighted by molar-refractivity contribution is 6.00. The summed E-state index contributed by atoms with van der Waals surface area (Å²) in [5.74, 6) is -0.154. The zero-order chi connectivity index (χ0) is 22.4. The first-order valence-electron chi connectivity index (χ1n) is 10.3. The molecular formula is C24H28N2O5. The number of amides is 3. The molecule has 1 saturated heterocycles. The van der Waals surface area contributed by atoms with Crippen molar-refractivity contribution in [2.24, 2.45) is 0 Å². The number of piperidine rings is 1. The first kappa shape index (κ1) is 22.3. The van der Waals surface area contributed by atoms with Crippen LogP contribution < -0.4 is 15.4 Å². The Morgan fingerprint density at radius 1 is 1.10 bits per heavy atom. The van der Waals surface area contributed by atoms with Crippen molar-refractivity contribution < 1.29 is 23.9 Å². The fraction of sp³-hybridized carbons (Fsp3) is 0.375. The van der Waals surface area contributed by atoms with Gasteiger partial charge in [0.2, 0.25) is 11.8 Å². The largest absolute Gasteiger partial charge is 0.489 e. The molecule has 0 radical (unpaired) electrons. The van der Waals surface area contributed by atoms with Crippen LogP contribution in [-0.4, -0.2) is 23.5 Å². The number of ether oxygens (including phenoxy) is 2. The van der Waals surface area contributed by atoms with Gasteiger partial charge in [-0.15, -0.1) is 0 Å². The standard InChI is InChI=1S/C24H28N2O5/c1-24(2,3)31-23(29)25-14-16-7-9-17(10-8-16)15-30-19-6-4-5-18(13-19)20-11-12-21(27)26-22(20)28/h4-10,13,20H,11-12,14-15H2,1-3H3,(H,25,29)(H,26,27,28). The molecule has 2 aromatic rings. The zero-order valence-electron chi connectivity index (χ0n) is 18.1. The Labute approximate surface area is 182 Å². The fourth-order valence-electron chi connectivity index (χ4n) is 3.24. The van der Waals surface area contributed by atoms with E-state index < -0.39 is 11.7 Å². The molecule has 7 nitrogen and oxygen atoms in total. The van der Waals surface area contributed by atoms with Crippen molar-refractivity contribution in [3.63, 3.8) is 0 Å². The predicted molar refractivity (Wildman–Crippen MR) is 115 cm³/mol. The van der Waals surface area contributed by atoms with Gasteiger partial charge in [-0.05, 0) is 56.0 Å². The zero-order valence-corrected chi connectivity index (χ0v) is 18.1. The van der Waals surface area contributed by atoms with Gasteiger partial charge in [-0.25, -0.2) is 4.79 Å². The molecular weight excluding hydrogens is 396 g/mol. The molecule has 7 heteroatoms. The van der Waals surface area contributed by atoms with Gasteiger partial charge in [-0.1, -0.05) is 36.4 Å². The van der Waals surface area contributed by atoms with E-state index >= 15 is 0 Å². The van der Waals surface area contributed by atoms with Gasteiger partial charge in [-0.2, -0.15) is 0 Å². The van der Waals surface area contributed by atoms with Crippen LogP contribution in [0.2, 0.25) is 0 Å². The molecule has 1 aliphatic rings. The Bertz CT molecular complexity index is 947. The maximum absolute atomic E-state index is 12.1. The molecule has 3 rings (SSSR count). The van der Waals surface area contributed by atoms with Crippen LogP contribution in [0.25, 0.3) is 0 Å². The number of imide groups is 1. The van der Waals surface area contributed by atoms with Gasteiger partial charge in [-0.3, -0.25) is 14.9 Å². The van der Waals surface area contributed by atoms with Crippen molar-refractivity contribution >= 4 is 17.9 Å². The van der Waals surface area contributed by atoms with E-state index in [2.05, 4.69) is 10.6 Å². The van der Waals surface area contributed by atoms with Crippen molar-refractivity contribution in [3.8, 4) is 5.75 Å². The molecule has 0 aliphatic carbocycles. The molecule has 1 heterocycles. The first-order chi connectivity index (χ1) is 14.7. The minimum Gasteiger partial charge on any atom is -0.489 e. The lowest BCUT2D eigenvalue weighted by Gasteiger charge is -2.21. The average molecular weight is 424 g/mol. The lowest BCUT2D eigenvalue weighted by atomic mass is 9.90. The summed E-state index contributed by atoms with van der Waals surface area (Å²) in [4.78, 5) is 35.2. The Kier molecular flexibility index (Phi) is 6.95. The predicted octanol–water partition coefficient (Wildman–Crippen LogP) is 3.81. The quantitative estimate of drug-likeness (QED) is 0.688. The molecule has 0 saturated carbocycles. The Morgan fingerprint density at radius 3 is 2.48 bits per heavy atom. The van der Waals surface area contributed by atoms with Crippen LogP contribution in [0.15, 0.2) is 48.5 Å². The lowest BCUT2D eigenvalue weighted by Crippen LogP contribution is -2.39. The highest BCUT2D eigenvalue weighted by atomic mass is 16.6. The summed E-state index contributed by atoms with van der Waals surface area (Å²) in [6.07, 6.45) is 0.402. The first-order valence-corrected chi connectivity index (χ1v) is 10.3. The third-order valence-electron chi connectivity index (χ3n) is 4.76. The van der Waals surface area contributed by atoms with Gasteiger partial charge in [0.15, 0.2) is 0 Å². The SMILES string of the molecule is CC(C)(C)OC(=O)NCc1ccc(COc2cccc(C3CCC(=O)NC3=O)c2)cc1. The van der Waals surface area contributed by atoms with E-state index in [4.69, 9.17) is 9.47 Å². The topological polar surface area (TPSA) is 93.7 Å². The van der Waals surface area contributed by atoms with Crippen LogP contribution in [0, 0.1) is 0 Å². The molecule has 31 heavy (non-hydrogen) atoms. The van der Waals surface area contributed by atoms with Crippen molar-refractivity contribution in [2.45, 2.75) is 58.3 Å². The van der Waals surface area contributed by atoms with Crippen LogP contribution in [-0.2, 0) is 27.5 Å². The van der Waals surface area contributed by atoms with Gasteiger partial charge < -0.3 is 14.8 Å². The van der Waals surface area contributed by atoms with Gasteiger partial charge in [0.25, 0.3) is 0 Å². The summed E-state index contributed by atoms with van der Waals surface area (Å²) in [6.45, 7) is 6.22.